The van der Waals surface area contributed by atoms with Gasteiger partial charge in [0.05, 0.1) is 37.6 Å². The number of carbonyl (C=O) groups is 19. The number of aliphatic carboxylic acids is 5. The van der Waals surface area contributed by atoms with Crippen LogP contribution in [-0.2, 0) is 97.5 Å². The lowest BCUT2D eigenvalue weighted by Crippen LogP contribution is -2.62. The topological polar surface area (TPSA) is 712 Å². The van der Waals surface area contributed by atoms with Crippen molar-refractivity contribution < 1.29 is 127 Å². The first-order valence-electron chi connectivity index (χ1n) is 38.9. The molecule has 0 saturated carbocycles. The lowest BCUT2D eigenvalue weighted by Gasteiger charge is -2.30. The fourth-order valence-corrected chi connectivity index (χ4v) is 11.6. The molecule has 14 amide bonds. The van der Waals surface area contributed by atoms with Crippen LogP contribution in [0.1, 0.15) is 172 Å². The van der Waals surface area contributed by atoms with Gasteiger partial charge in [0.2, 0.25) is 82.7 Å². The van der Waals surface area contributed by atoms with Crippen molar-refractivity contribution in [1.82, 2.24) is 74.4 Å². The number of benzene rings is 1. The van der Waals surface area contributed by atoms with Crippen molar-refractivity contribution in [2.75, 3.05) is 19.6 Å². The SMILES string of the molecule is CC(C)C[C@H](NC(=O)[C@H](CCCCN)NC(=O)[C@H](CC(=O)O)NC(=O)[C@@H](NC(=O)CNC(=O)[C@@H](NC(=O)[C@@H](NC(=O)[C@@H](NC(=O)[C@H](CCC(=O)O)NC(=O)[C@H](CCCCN)NC(=O)[C@H](CCC(=O)O)NC(=O)[C@H](CC(=O)O)NC(=O)[C@@H](NC(=O)[C@@H](NC(=O)[C@@H](N)Cc1ccccc1)[C@@H](C)O)C(C)C)C(C)C)C(C)C)C(C)C)[C@@H](C)O)C(=O)O. The van der Waals surface area contributed by atoms with Gasteiger partial charge in [-0.05, 0) is 126 Å². The van der Waals surface area contributed by atoms with E-state index in [1.54, 1.807) is 44.2 Å². The molecular formula is C75H123N17O26. The highest BCUT2D eigenvalue weighted by atomic mass is 16.4. The van der Waals surface area contributed by atoms with Gasteiger partial charge in [0, 0.05) is 12.8 Å². The third kappa shape index (κ3) is 39.3. The highest BCUT2D eigenvalue weighted by Crippen LogP contribution is 2.16. The number of nitrogens with one attached hydrogen (secondary N) is 14. The molecule has 43 heteroatoms. The minimum Gasteiger partial charge on any atom is -0.481 e. The number of aliphatic hydroxyl groups excluding tert-OH is 2. The molecule has 0 saturated heterocycles. The number of nitrogens with two attached hydrogens (primary N) is 3. The van der Waals surface area contributed by atoms with Crippen molar-refractivity contribution in [3.63, 3.8) is 0 Å². The molecule has 16 atom stereocenters. The van der Waals surface area contributed by atoms with E-state index >= 15 is 0 Å². The van der Waals surface area contributed by atoms with Gasteiger partial charge in [-0.15, -0.1) is 0 Å². The third-order valence-electron chi connectivity index (χ3n) is 18.3. The Bertz CT molecular complexity index is 3580. The summed E-state index contributed by atoms with van der Waals surface area (Å²) < 4.78 is 0. The molecule has 43 nitrogen and oxygen atoms in total. The first-order valence-corrected chi connectivity index (χ1v) is 38.9. The number of carboxylic acids is 5. The van der Waals surface area contributed by atoms with Gasteiger partial charge in [-0.1, -0.05) is 99.6 Å². The first kappa shape index (κ1) is 105. The number of aliphatic hydroxyl groups is 2. The molecular weight excluding hydrogens is 1550 g/mol. The molecule has 664 valence electrons. The molecule has 0 aliphatic carbocycles. The molecule has 1 aromatic rings. The number of carbonyl (C=O) groups excluding carboxylic acids is 14. The summed E-state index contributed by atoms with van der Waals surface area (Å²) in [6, 6.07) is -14.7. The monoisotopic (exact) mass is 1680 g/mol. The smallest absolute Gasteiger partial charge is 0.326 e. The second kappa shape index (κ2) is 53.3. The molecule has 0 aliphatic heterocycles. The van der Waals surface area contributed by atoms with E-state index in [1.165, 1.54) is 62.3 Å². The van der Waals surface area contributed by atoms with Crippen LogP contribution in [0, 0.1) is 29.6 Å². The minimum absolute atomic E-state index is 0.0136. The van der Waals surface area contributed by atoms with Crippen molar-refractivity contribution in [3.8, 4) is 0 Å². The van der Waals surface area contributed by atoms with Crippen LogP contribution in [-0.4, -0.2) is 265 Å². The maximum atomic E-state index is 14.4. The third-order valence-corrected chi connectivity index (χ3v) is 18.3. The maximum Gasteiger partial charge on any atom is 0.326 e. The Kier molecular flexibility index (Phi) is 47.4. The summed E-state index contributed by atoms with van der Waals surface area (Å²) in [6.07, 6.45) is -8.05. The van der Waals surface area contributed by atoms with Crippen LogP contribution in [0.2, 0.25) is 0 Å². The second-order valence-corrected chi connectivity index (χ2v) is 30.5. The molecule has 0 fully saturated rings. The summed E-state index contributed by atoms with van der Waals surface area (Å²) in [6.45, 7) is 16.8. The summed E-state index contributed by atoms with van der Waals surface area (Å²) in [5.74, 6) is -26.7. The Hall–Kier alpha value is -11.1. The van der Waals surface area contributed by atoms with Crippen molar-refractivity contribution in [2.24, 2.45) is 46.8 Å². The Balaban J connectivity index is 3.50. The summed E-state index contributed by atoms with van der Waals surface area (Å²) in [5, 5.41) is 103. The zero-order chi connectivity index (χ0) is 90.1. The van der Waals surface area contributed by atoms with Gasteiger partial charge < -0.3 is 127 Å². The number of amides is 14. The van der Waals surface area contributed by atoms with Gasteiger partial charge in [-0.3, -0.25) is 86.3 Å². The fourth-order valence-electron chi connectivity index (χ4n) is 11.6. The molecule has 118 heavy (non-hydrogen) atoms. The highest BCUT2D eigenvalue weighted by Gasteiger charge is 2.41. The van der Waals surface area contributed by atoms with Crippen LogP contribution >= 0.6 is 0 Å². The molecule has 0 aromatic heterocycles. The normalized spacial score (nSPS) is 15.4. The number of hydrogen-bond donors (Lipinski definition) is 24. The Morgan fingerprint density at radius 2 is 0.627 bits per heavy atom. The summed E-state index contributed by atoms with van der Waals surface area (Å²) in [5.41, 5.74) is 18.1. The molecule has 0 unspecified atom stereocenters. The van der Waals surface area contributed by atoms with E-state index in [1.807, 2.05) is 0 Å². The van der Waals surface area contributed by atoms with E-state index in [2.05, 4.69) is 74.4 Å². The summed E-state index contributed by atoms with van der Waals surface area (Å²) in [7, 11) is 0. The van der Waals surface area contributed by atoms with E-state index in [0.717, 1.165) is 6.92 Å². The van der Waals surface area contributed by atoms with Crippen LogP contribution < -0.4 is 91.6 Å². The average molecular weight is 1680 g/mol. The quantitative estimate of drug-likeness (QED) is 0.0270. The lowest BCUT2D eigenvalue weighted by molar-refractivity contribution is -0.143. The zero-order valence-corrected chi connectivity index (χ0v) is 68.7. The fraction of sp³-hybridized carbons (Fsp3) is 0.667. The number of unbranched alkanes of at least 4 members (excludes halogenated alkanes) is 2. The highest BCUT2D eigenvalue weighted by molar-refractivity contribution is 6.01. The van der Waals surface area contributed by atoms with Gasteiger partial charge in [-0.2, -0.15) is 0 Å². The minimum atomic E-state index is -2.07. The molecule has 0 spiro atoms. The van der Waals surface area contributed by atoms with E-state index < -0.39 is 278 Å². The zero-order valence-electron chi connectivity index (χ0n) is 68.7. The van der Waals surface area contributed by atoms with Crippen LogP contribution in [0.25, 0.3) is 0 Å². The number of rotatable bonds is 57. The van der Waals surface area contributed by atoms with Crippen LogP contribution in [0.5, 0.6) is 0 Å². The van der Waals surface area contributed by atoms with Crippen LogP contribution in [0.3, 0.4) is 0 Å². The van der Waals surface area contributed by atoms with Gasteiger partial charge in [-0.25, -0.2) is 4.79 Å². The molecule has 0 bridgehead atoms. The van der Waals surface area contributed by atoms with Gasteiger partial charge >= 0.3 is 29.8 Å². The van der Waals surface area contributed by atoms with Crippen molar-refractivity contribution in [1.29, 1.82) is 0 Å². The Labute approximate surface area is 683 Å². The van der Waals surface area contributed by atoms with E-state index in [4.69, 9.17) is 17.2 Å². The van der Waals surface area contributed by atoms with E-state index in [9.17, 15) is 127 Å². The Morgan fingerprint density at radius 1 is 0.331 bits per heavy atom. The summed E-state index contributed by atoms with van der Waals surface area (Å²) in [4.78, 5) is 255. The summed E-state index contributed by atoms with van der Waals surface area (Å²) >= 11 is 0. The maximum absolute atomic E-state index is 14.4. The molecule has 0 heterocycles. The number of carboxylic acid groups (broad SMARTS) is 5. The van der Waals surface area contributed by atoms with Crippen molar-refractivity contribution in [2.45, 2.75) is 270 Å². The molecule has 27 N–H and O–H groups in total. The Morgan fingerprint density at radius 3 is 0.966 bits per heavy atom. The predicted molar refractivity (Wildman–Crippen MR) is 420 cm³/mol. The predicted octanol–water partition coefficient (Wildman–Crippen LogP) is -5.57. The van der Waals surface area contributed by atoms with Crippen LogP contribution in [0.4, 0.5) is 0 Å². The van der Waals surface area contributed by atoms with Crippen molar-refractivity contribution in [3.05, 3.63) is 35.9 Å². The van der Waals surface area contributed by atoms with Crippen molar-refractivity contribution >= 4 is 113 Å². The van der Waals surface area contributed by atoms with Crippen LogP contribution in [0.15, 0.2) is 30.3 Å². The first-order chi connectivity index (χ1) is 55.1. The largest absolute Gasteiger partial charge is 0.481 e. The average Bonchev–Trinajstić information content (AvgIpc) is 0.900. The lowest BCUT2D eigenvalue weighted by atomic mass is 9.97. The molecule has 0 radical (unpaired) electrons. The number of hydrogen-bond acceptors (Lipinski definition) is 24. The molecule has 1 aromatic carbocycles. The molecule has 1 rings (SSSR count). The second-order valence-electron chi connectivity index (χ2n) is 30.5. The van der Waals surface area contributed by atoms with Gasteiger partial charge in [0.15, 0.2) is 0 Å². The van der Waals surface area contributed by atoms with E-state index in [-0.39, 0.29) is 64.0 Å². The van der Waals surface area contributed by atoms with E-state index in [0.29, 0.717) is 12.0 Å². The standard InChI is InChI=1S/C75H123N17O26/c1-35(2)30-50(75(117)118)86-64(106)45(23-17-19-29-77)81-67(109)49(33-55(102)103)85-73(115)60(40(11)93)87-51(95)34-79-69(111)56(36(3)4)89-72(114)59(39(9)10)90-71(113)58(38(7)8)88-66(108)47(25-27-53(98)99)82-63(105)44(22-16-18-28-76)80-65(107)46(24-26-52(96)97)83-68(110)48(32-54(100)101)84-70(112)57(37(5)6)91-74(116)61(41(12)94)92-62(104)43(78)31-42-20-14-13-15-21-42/h13-15,20-21,35-41,43-50,56-61,93-94H,16-19,22-34,76-78H2,1-12H3,(H,79,111)(H,80,107)(H,81,109)(H,82,105)(H,83,110)(H,84,112)(H,85,115)(H,86,106)(H,87,95)(H,88,108)(H,89,114)(H,90,113)(H,91,116)(H,92,104)(H,96,97)(H,98,99)(H,100,101)(H,102,103)(H,117,118)/t40-,41-,43+,44+,45+,46+,47+,48+,49+,50+,56+,57+,58+,59+,60+,61+/m1/s1. The molecule has 0 aliphatic rings. The van der Waals surface area contributed by atoms with Gasteiger partial charge in [0.1, 0.15) is 78.5 Å². The van der Waals surface area contributed by atoms with Gasteiger partial charge in [0.25, 0.3) is 0 Å².